The lowest BCUT2D eigenvalue weighted by Crippen LogP contribution is -2.07. The summed E-state index contributed by atoms with van der Waals surface area (Å²) in [5.74, 6) is 0. The molecule has 0 aromatic heterocycles. The fraction of sp³-hybridized carbons (Fsp3) is 0.0588. The maximum absolute atomic E-state index is 2.32. The molecule has 86 valence electrons. The van der Waals surface area contributed by atoms with E-state index in [4.69, 9.17) is 0 Å². The summed E-state index contributed by atoms with van der Waals surface area (Å²) >= 11 is 1.95. The SMILES string of the molecule is C1=CC2=Cc3cc4ccccc4cc3SC2C=C1. The molecule has 18 heavy (non-hydrogen) atoms. The van der Waals surface area contributed by atoms with Crippen LogP contribution in [0.3, 0.4) is 0 Å². The first-order chi connectivity index (χ1) is 8.90. The Balaban J connectivity index is 1.95. The molecule has 2 aromatic rings. The van der Waals surface area contributed by atoms with Crippen molar-refractivity contribution >= 4 is 28.6 Å². The van der Waals surface area contributed by atoms with Gasteiger partial charge in [0.2, 0.25) is 0 Å². The van der Waals surface area contributed by atoms with Crippen molar-refractivity contribution in [2.24, 2.45) is 0 Å². The summed E-state index contributed by atoms with van der Waals surface area (Å²) < 4.78 is 0. The van der Waals surface area contributed by atoms with Crippen molar-refractivity contribution in [3.8, 4) is 0 Å². The van der Waals surface area contributed by atoms with E-state index in [0.717, 1.165) is 0 Å². The van der Waals surface area contributed by atoms with E-state index >= 15 is 0 Å². The molecule has 1 unspecified atom stereocenters. The van der Waals surface area contributed by atoms with E-state index in [1.807, 2.05) is 11.8 Å². The van der Waals surface area contributed by atoms with E-state index in [-0.39, 0.29) is 0 Å². The Morgan fingerprint density at radius 1 is 0.944 bits per heavy atom. The third-order valence-corrected chi connectivity index (χ3v) is 4.76. The van der Waals surface area contributed by atoms with E-state index in [9.17, 15) is 0 Å². The van der Waals surface area contributed by atoms with Gasteiger partial charge < -0.3 is 0 Å². The Bertz CT molecular complexity index is 719. The highest BCUT2D eigenvalue weighted by Crippen LogP contribution is 2.41. The van der Waals surface area contributed by atoms with Crippen molar-refractivity contribution in [2.75, 3.05) is 0 Å². The molecule has 0 N–H and O–H groups in total. The predicted molar refractivity (Wildman–Crippen MR) is 79.9 cm³/mol. The molecule has 0 saturated heterocycles. The summed E-state index contributed by atoms with van der Waals surface area (Å²) in [6.45, 7) is 0. The van der Waals surface area contributed by atoms with Gasteiger partial charge >= 0.3 is 0 Å². The highest BCUT2D eigenvalue weighted by molar-refractivity contribution is 8.00. The fourth-order valence-corrected chi connectivity index (χ4v) is 3.72. The van der Waals surface area contributed by atoms with Gasteiger partial charge in [-0.2, -0.15) is 0 Å². The van der Waals surface area contributed by atoms with Gasteiger partial charge in [-0.1, -0.05) is 48.6 Å². The second-order valence-corrected chi connectivity index (χ2v) is 5.85. The van der Waals surface area contributed by atoms with Crippen LogP contribution in [0.2, 0.25) is 0 Å². The average molecular weight is 248 g/mol. The predicted octanol–water partition coefficient (Wildman–Crippen LogP) is 4.82. The minimum Gasteiger partial charge on any atom is -0.113 e. The van der Waals surface area contributed by atoms with Gasteiger partial charge in [0.1, 0.15) is 0 Å². The van der Waals surface area contributed by atoms with Gasteiger partial charge in [0.05, 0.1) is 5.25 Å². The molecular formula is C17H12S. The van der Waals surface area contributed by atoms with Gasteiger partial charge in [0, 0.05) is 4.90 Å². The van der Waals surface area contributed by atoms with Crippen LogP contribution < -0.4 is 0 Å². The molecule has 4 rings (SSSR count). The van der Waals surface area contributed by atoms with Crippen molar-refractivity contribution in [3.63, 3.8) is 0 Å². The van der Waals surface area contributed by atoms with Crippen LogP contribution in [-0.2, 0) is 0 Å². The van der Waals surface area contributed by atoms with Gasteiger partial charge in [-0.25, -0.2) is 0 Å². The molecule has 1 atom stereocenters. The minimum absolute atomic E-state index is 0.490. The second-order valence-electron chi connectivity index (χ2n) is 4.66. The number of fused-ring (bicyclic) bond motifs is 3. The van der Waals surface area contributed by atoms with Crippen molar-refractivity contribution in [3.05, 3.63) is 71.8 Å². The normalized spacial score (nSPS) is 20.4. The third-order valence-electron chi connectivity index (χ3n) is 3.47. The average Bonchev–Trinajstić information content (AvgIpc) is 2.42. The molecule has 0 saturated carbocycles. The second kappa shape index (κ2) is 3.89. The number of hydrogen-bond donors (Lipinski definition) is 0. The summed E-state index contributed by atoms with van der Waals surface area (Å²) in [6, 6.07) is 13.2. The number of thioether (sulfide) groups is 1. The van der Waals surface area contributed by atoms with E-state index < -0.39 is 0 Å². The molecule has 1 aliphatic carbocycles. The molecule has 0 spiro atoms. The zero-order valence-electron chi connectivity index (χ0n) is 9.84. The standard InChI is InChI=1S/C17H12S/c1-2-6-13-11-17-15(9-12(13)5-1)10-14-7-3-4-8-16(14)18-17/h1-11,16H. The Hall–Kier alpha value is -1.73. The number of hydrogen-bond acceptors (Lipinski definition) is 1. The fourth-order valence-electron chi connectivity index (χ4n) is 2.54. The first-order valence-electron chi connectivity index (χ1n) is 6.16. The van der Waals surface area contributed by atoms with Crippen LogP contribution in [0.25, 0.3) is 16.8 Å². The summed E-state index contributed by atoms with van der Waals surface area (Å²) in [7, 11) is 0. The Kier molecular flexibility index (Phi) is 2.21. The number of rotatable bonds is 0. The monoisotopic (exact) mass is 248 g/mol. The van der Waals surface area contributed by atoms with Crippen LogP contribution in [-0.4, -0.2) is 5.25 Å². The lowest BCUT2D eigenvalue weighted by Gasteiger charge is -2.23. The first-order valence-corrected chi connectivity index (χ1v) is 7.04. The molecule has 1 heterocycles. The van der Waals surface area contributed by atoms with Crippen LogP contribution in [0.15, 0.2) is 71.2 Å². The summed E-state index contributed by atoms with van der Waals surface area (Å²) in [4.78, 5) is 1.39. The molecule has 0 bridgehead atoms. The number of benzene rings is 2. The van der Waals surface area contributed by atoms with Crippen molar-refractivity contribution < 1.29 is 0 Å². The molecule has 1 aliphatic heterocycles. The molecule has 0 fully saturated rings. The molecular weight excluding hydrogens is 236 g/mol. The first kappa shape index (κ1) is 10.2. The molecule has 0 nitrogen and oxygen atoms in total. The summed E-state index contributed by atoms with van der Waals surface area (Å²) in [5, 5.41) is 3.14. The highest BCUT2D eigenvalue weighted by Gasteiger charge is 2.19. The van der Waals surface area contributed by atoms with Crippen molar-refractivity contribution in [2.45, 2.75) is 10.1 Å². The maximum atomic E-state index is 2.32. The van der Waals surface area contributed by atoms with Crippen LogP contribution in [0.5, 0.6) is 0 Å². The Labute approximate surface area is 111 Å². The van der Waals surface area contributed by atoms with Crippen LogP contribution >= 0.6 is 11.8 Å². The van der Waals surface area contributed by atoms with E-state index in [2.05, 4.69) is 66.8 Å². The van der Waals surface area contributed by atoms with E-state index in [1.54, 1.807) is 0 Å². The summed E-state index contributed by atoms with van der Waals surface area (Å²) in [6.07, 6.45) is 11.1. The highest BCUT2D eigenvalue weighted by atomic mass is 32.2. The molecule has 0 amide bonds. The van der Waals surface area contributed by atoms with E-state index in [1.165, 1.54) is 26.8 Å². The van der Waals surface area contributed by atoms with Crippen molar-refractivity contribution in [1.82, 2.24) is 0 Å². The van der Waals surface area contributed by atoms with Gasteiger partial charge in [0.25, 0.3) is 0 Å². The molecule has 1 heteroatoms. The maximum Gasteiger partial charge on any atom is 0.0528 e. The smallest absolute Gasteiger partial charge is 0.0528 e. The van der Waals surface area contributed by atoms with Crippen molar-refractivity contribution in [1.29, 1.82) is 0 Å². The minimum atomic E-state index is 0.490. The number of allylic oxidation sites excluding steroid dienone is 3. The van der Waals surface area contributed by atoms with Crippen LogP contribution in [0.1, 0.15) is 5.56 Å². The van der Waals surface area contributed by atoms with Gasteiger partial charge in [0.15, 0.2) is 0 Å². The lowest BCUT2D eigenvalue weighted by atomic mass is 10.0. The largest absolute Gasteiger partial charge is 0.113 e. The van der Waals surface area contributed by atoms with Crippen LogP contribution in [0, 0.1) is 0 Å². The van der Waals surface area contributed by atoms with Gasteiger partial charge in [-0.3, -0.25) is 0 Å². The van der Waals surface area contributed by atoms with Gasteiger partial charge in [-0.15, -0.1) is 11.8 Å². The Morgan fingerprint density at radius 2 is 1.78 bits per heavy atom. The summed E-state index contributed by atoms with van der Waals surface area (Å²) in [5.41, 5.74) is 2.76. The topological polar surface area (TPSA) is 0 Å². The van der Waals surface area contributed by atoms with Crippen LogP contribution in [0.4, 0.5) is 0 Å². The van der Waals surface area contributed by atoms with Gasteiger partial charge in [-0.05, 0) is 40.1 Å². The molecule has 2 aromatic carbocycles. The third kappa shape index (κ3) is 1.55. The lowest BCUT2D eigenvalue weighted by molar-refractivity contribution is 1.25. The van der Waals surface area contributed by atoms with E-state index in [0.29, 0.717) is 5.25 Å². The zero-order valence-corrected chi connectivity index (χ0v) is 10.7. The zero-order chi connectivity index (χ0) is 11.9. The molecule has 2 aliphatic rings. The molecule has 0 radical (unpaired) electrons. The quantitative estimate of drug-likeness (QED) is 0.644. The Morgan fingerprint density at radius 3 is 2.67 bits per heavy atom.